The van der Waals surface area contributed by atoms with Gasteiger partial charge in [-0.2, -0.15) is 0 Å². The van der Waals surface area contributed by atoms with Crippen LogP contribution in [0.1, 0.15) is 17.4 Å². The number of hydrogen-bond donors (Lipinski definition) is 0. The zero-order chi connectivity index (χ0) is 7.56. The molecule has 1 rings (SSSR count). The Hall–Kier alpha value is 0.180. The molecule has 0 spiro atoms. The fourth-order valence-electron chi connectivity index (χ4n) is 0.869. The van der Waals surface area contributed by atoms with E-state index in [1.54, 1.807) is 0 Å². The second-order valence-corrected chi connectivity index (χ2v) is 5.08. The number of rotatable bonds is 2. The molecule has 2 heteroatoms. The van der Waals surface area contributed by atoms with Crippen molar-refractivity contribution < 1.29 is 0 Å². The van der Waals surface area contributed by atoms with Crippen LogP contribution in [0.25, 0.3) is 0 Å². The summed E-state index contributed by atoms with van der Waals surface area (Å²) in [5.41, 5.74) is 1.43. The molecule has 0 N–H and O–H groups in total. The average molecular weight is 219 g/mol. The van der Waals surface area contributed by atoms with Crippen molar-refractivity contribution in [3.8, 4) is 0 Å². The first-order chi connectivity index (χ1) is 4.70. The lowest BCUT2D eigenvalue weighted by atomic mass is 10.2. The Bertz CT molecular complexity index is 203. The Balaban J connectivity index is 2.65. The minimum absolute atomic E-state index is 0.602. The quantitative estimate of drug-likeness (QED) is 0.669. The molecule has 0 saturated carbocycles. The Morgan fingerprint density at radius 3 is 2.80 bits per heavy atom. The molecule has 0 radical (unpaired) electrons. The summed E-state index contributed by atoms with van der Waals surface area (Å²) >= 11 is 5.38. The smallest absolute Gasteiger partial charge is 0.0165 e. The third-order valence-electron chi connectivity index (χ3n) is 1.43. The Morgan fingerprint density at radius 1 is 1.70 bits per heavy atom. The highest BCUT2D eigenvalue weighted by molar-refractivity contribution is 9.09. The monoisotopic (exact) mass is 218 g/mol. The van der Waals surface area contributed by atoms with E-state index in [0.29, 0.717) is 4.83 Å². The summed E-state index contributed by atoms with van der Waals surface area (Å²) in [6.45, 7) is 4.35. The standard InChI is InChI=1S/C8H11BrS/c1-6-3-4-10-8(6)5-7(2)9/h3-4,7H,5H2,1-2H3. The molecule has 0 aromatic carbocycles. The summed E-state index contributed by atoms with van der Waals surface area (Å²) in [4.78, 5) is 2.11. The molecule has 1 aromatic rings. The molecule has 1 heterocycles. The highest BCUT2D eigenvalue weighted by atomic mass is 79.9. The van der Waals surface area contributed by atoms with Gasteiger partial charge in [0.25, 0.3) is 0 Å². The van der Waals surface area contributed by atoms with Crippen LogP contribution in [0.3, 0.4) is 0 Å². The van der Waals surface area contributed by atoms with E-state index in [0.717, 1.165) is 6.42 Å². The molecular formula is C8H11BrS. The number of halogens is 1. The predicted octanol–water partition coefficient (Wildman–Crippen LogP) is 3.38. The summed E-state index contributed by atoms with van der Waals surface area (Å²) < 4.78 is 0. The second kappa shape index (κ2) is 3.54. The normalized spacial score (nSPS) is 13.5. The van der Waals surface area contributed by atoms with Crippen LogP contribution in [-0.2, 0) is 6.42 Å². The Labute approximate surface area is 74.4 Å². The van der Waals surface area contributed by atoms with E-state index in [9.17, 15) is 0 Å². The zero-order valence-corrected chi connectivity index (χ0v) is 8.63. The van der Waals surface area contributed by atoms with Gasteiger partial charge in [0, 0.05) is 9.70 Å². The van der Waals surface area contributed by atoms with Crippen molar-refractivity contribution in [1.29, 1.82) is 0 Å². The molecule has 0 aliphatic rings. The highest BCUT2D eigenvalue weighted by Crippen LogP contribution is 2.19. The molecule has 0 aliphatic carbocycles. The van der Waals surface area contributed by atoms with Crippen LogP contribution < -0.4 is 0 Å². The van der Waals surface area contributed by atoms with Crippen molar-refractivity contribution in [2.45, 2.75) is 25.1 Å². The highest BCUT2D eigenvalue weighted by Gasteiger charge is 2.02. The van der Waals surface area contributed by atoms with Gasteiger partial charge in [0.15, 0.2) is 0 Å². The molecule has 0 nitrogen and oxygen atoms in total. The van der Waals surface area contributed by atoms with Crippen molar-refractivity contribution in [3.63, 3.8) is 0 Å². The third kappa shape index (κ3) is 2.10. The lowest BCUT2D eigenvalue weighted by Crippen LogP contribution is -1.94. The summed E-state index contributed by atoms with van der Waals surface area (Å²) in [7, 11) is 0. The van der Waals surface area contributed by atoms with Crippen molar-refractivity contribution in [2.75, 3.05) is 0 Å². The van der Waals surface area contributed by atoms with E-state index in [1.165, 1.54) is 10.4 Å². The molecule has 0 saturated heterocycles. The van der Waals surface area contributed by atoms with Crippen LogP contribution in [0.5, 0.6) is 0 Å². The van der Waals surface area contributed by atoms with Gasteiger partial charge in [0.1, 0.15) is 0 Å². The van der Waals surface area contributed by atoms with Crippen molar-refractivity contribution in [2.24, 2.45) is 0 Å². The van der Waals surface area contributed by atoms with Crippen molar-refractivity contribution in [1.82, 2.24) is 0 Å². The van der Waals surface area contributed by atoms with E-state index in [2.05, 4.69) is 41.2 Å². The summed E-state index contributed by atoms with van der Waals surface area (Å²) in [5.74, 6) is 0. The molecular weight excluding hydrogens is 208 g/mol. The van der Waals surface area contributed by atoms with Gasteiger partial charge in [-0.05, 0) is 30.4 Å². The van der Waals surface area contributed by atoms with Crippen LogP contribution in [-0.4, -0.2) is 4.83 Å². The Morgan fingerprint density at radius 2 is 2.40 bits per heavy atom. The predicted molar refractivity (Wildman–Crippen MR) is 51.1 cm³/mol. The largest absolute Gasteiger partial charge is 0.149 e. The van der Waals surface area contributed by atoms with Gasteiger partial charge < -0.3 is 0 Å². The molecule has 1 atom stereocenters. The Kier molecular flexibility index (Phi) is 2.93. The minimum atomic E-state index is 0.602. The van der Waals surface area contributed by atoms with Crippen molar-refractivity contribution in [3.05, 3.63) is 21.9 Å². The SMILES string of the molecule is Cc1ccsc1CC(C)Br. The lowest BCUT2D eigenvalue weighted by Gasteiger charge is -2.00. The van der Waals surface area contributed by atoms with E-state index in [1.807, 2.05) is 11.3 Å². The molecule has 1 aromatic heterocycles. The van der Waals surface area contributed by atoms with Crippen LogP contribution in [0.15, 0.2) is 11.4 Å². The summed E-state index contributed by atoms with van der Waals surface area (Å²) in [6.07, 6.45) is 1.16. The first-order valence-electron chi connectivity index (χ1n) is 3.37. The molecule has 0 aliphatic heterocycles. The molecule has 1 unspecified atom stereocenters. The van der Waals surface area contributed by atoms with Gasteiger partial charge in [-0.25, -0.2) is 0 Å². The van der Waals surface area contributed by atoms with Crippen LogP contribution in [0.4, 0.5) is 0 Å². The van der Waals surface area contributed by atoms with Crippen LogP contribution in [0.2, 0.25) is 0 Å². The first-order valence-corrected chi connectivity index (χ1v) is 5.16. The van der Waals surface area contributed by atoms with Crippen LogP contribution in [0, 0.1) is 6.92 Å². The number of aryl methyl sites for hydroxylation is 1. The van der Waals surface area contributed by atoms with Gasteiger partial charge in [-0.15, -0.1) is 11.3 Å². The minimum Gasteiger partial charge on any atom is -0.149 e. The zero-order valence-electron chi connectivity index (χ0n) is 6.23. The number of hydrogen-bond acceptors (Lipinski definition) is 1. The molecule has 56 valence electrons. The maximum atomic E-state index is 3.54. The topological polar surface area (TPSA) is 0 Å². The van der Waals surface area contributed by atoms with E-state index >= 15 is 0 Å². The lowest BCUT2D eigenvalue weighted by molar-refractivity contribution is 0.971. The van der Waals surface area contributed by atoms with E-state index in [4.69, 9.17) is 0 Å². The average Bonchev–Trinajstić information content (AvgIpc) is 2.15. The van der Waals surface area contributed by atoms with Gasteiger partial charge in [-0.1, -0.05) is 22.9 Å². The number of thiophene rings is 1. The first kappa shape index (κ1) is 8.28. The maximum absolute atomic E-state index is 3.54. The third-order valence-corrected chi connectivity index (χ3v) is 2.80. The van der Waals surface area contributed by atoms with E-state index < -0.39 is 0 Å². The van der Waals surface area contributed by atoms with Crippen molar-refractivity contribution >= 4 is 27.3 Å². The summed E-state index contributed by atoms with van der Waals surface area (Å²) in [6, 6.07) is 2.18. The second-order valence-electron chi connectivity index (χ2n) is 2.51. The maximum Gasteiger partial charge on any atom is 0.0165 e. The van der Waals surface area contributed by atoms with Gasteiger partial charge in [0.2, 0.25) is 0 Å². The fraction of sp³-hybridized carbons (Fsp3) is 0.500. The van der Waals surface area contributed by atoms with E-state index in [-0.39, 0.29) is 0 Å². The fourth-order valence-corrected chi connectivity index (χ4v) is 2.44. The van der Waals surface area contributed by atoms with Gasteiger partial charge in [-0.3, -0.25) is 0 Å². The molecule has 0 bridgehead atoms. The van der Waals surface area contributed by atoms with Crippen LogP contribution >= 0.6 is 27.3 Å². The number of alkyl halides is 1. The molecule has 0 amide bonds. The summed E-state index contributed by atoms with van der Waals surface area (Å²) in [5, 5.41) is 2.15. The van der Waals surface area contributed by atoms with Gasteiger partial charge in [0.05, 0.1) is 0 Å². The van der Waals surface area contributed by atoms with Gasteiger partial charge >= 0.3 is 0 Å². The molecule has 10 heavy (non-hydrogen) atoms. The molecule has 0 fully saturated rings.